The van der Waals surface area contributed by atoms with E-state index < -0.39 is 6.04 Å². The molecule has 2 N–H and O–H groups in total. The van der Waals surface area contributed by atoms with Crippen LogP contribution in [0.2, 0.25) is 0 Å². The summed E-state index contributed by atoms with van der Waals surface area (Å²) in [7, 11) is 0. The minimum Gasteiger partial charge on any atom is -0.494 e. The first-order valence-electron chi connectivity index (χ1n) is 8.70. The Labute approximate surface area is 151 Å². The third-order valence-corrected chi connectivity index (χ3v) is 4.65. The van der Waals surface area contributed by atoms with Gasteiger partial charge in [0.1, 0.15) is 5.75 Å². The Balaban J connectivity index is 1.81. The number of pyridine rings is 1. The number of aromatic nitrogens is 1. The van der Waals surface area contributed by atoms with Crippen molar-refractivity contribution >= 4 is 17.5 Å². The Morgan fingerprint density at radius 1 is 1.19 bits per heavy atom. The lowest BCUT2D eigenvalue weighted by molar-refractivity contribution is 0.102. The second-order valence-corrected chi connectivity index (χ2v) is 6.25. The molecule has 4 rings (SSSR count). The first kappa shape index (κ1) is 16.3. The van der Waals surface area contributed by atoms with Crippen LogP contribution in [0.5, 0.6) is 5.75 Å². The van der Waals surface area contributed by atoms with Gasteiger partial charge in [-0.3, -0.25) is 9.78 Å². The van der Waals surface area contributed by atoms with Gasteiger partial charge in [0, 0.05) is 6.20 Å². The number of hydrogen-bond donors (Lipinski definition) is 2. The number of carbonyl (C=O) groups excluding carboxylic acids is 2. The summed E-state index contributed by atoms with van der Waals surface area (Å²) >= 11 is 0. The lowest BCUT2D eigenvalue weighted by Gasteiger charge is -2.26. The number of nitrogens with zero attached hydrogens (tertiary/aromatic N) is 1. The molecule has 1 aromatic heterocycles. The fourth-order valence-electron chi connectivity index (χ4n) is 3.42. The molecule has 2 amide bonds. The van der Waals surface area contributed by atoms with Crippen LogP contribution in [0.25, 0.3) is 5.70 Å². The molecular weight excluding hydrogens is 330 g/mol. The van der Waals surface area contributed by atoms with Crippen LogP contribution in [0.4, 0.5) is 4.79 Å². The molecule has 0 saturated carbocycles. The fraction of sp³-hybridized carbons (Fsp3) is 0.250. The first-order chi connectivity index (χ1) is 12.6. The maximum absolute atomic E-state index is 13.1. The van der Waals surface area contributed by atoms with Crippen molar-refractivity contribution in [3.8, 4) is 5.75 Å². The Kier molecular flexibility index (Phi) is 3.95. The summed E-state index contributed by atoms with van der Waals surface area (Å²) in [5.74, 6) is 0.603. The van der Waals surface area contributed by atoms with Gasteiger partial charge in [-0.15, -0.1) is 0 Å². The summed E-state index contributed by atoms with van der Waals surface area (Å²) in [5, 5.41) is 5.61. The van der Waals surface area contributed by atoms with Crippen LogP contribution < -0.4 is 15.4 Å². The van der Waals surface area contributed by atoms with E-state index in [1.807, 2.05) is 44.2 Å². The minimum atomic E-state index is -0.536. The van der Waals surface area contributed by atoms with Crippen molar-refractivity contribution in [1.29, 1.82) is 0 Å². The molecule has 132 valence electrons. The topological polar surface area (TPSA) is 80.3 Å². The largest absolute Gasteiger partial charge is 0.494 e. The van der Waals surface area contributed by atoms with Gasteiger partial charge in [-0.25, -0.2) is 4.79 Å². The molecule has 2 heterocycles. The van der Waals surface area contributed by atoms with Gasteiger partial charge in [-0.2, -0.15) is 0 Å². The number of ether oxygens (including phenoxy) is 1. The van der Waals surface area contributed by atoms with Crippen LogP contribution in [-0.2, 0) is 6.42 Å². The standard InChI is InChI=1S/C20H19N3O3/c1-3-11-8-14-17(21-10-11)18-15(19(14)24)16(22-20(25)23-18)12-6-5-7-13(9-12)26-4-2/h5-10,16H,3-4H2,1-2H3,(H2,22,23,25). The van der Waals surface area contributed by atoms with E-state index in [4.69, 9.17) is 4.74 Å². The van der Waals surface area contributed by atoms with E-state index in [9.17, 15) is 9.59 Å². The molecule has 1 aromatic carbocycles. The average molecular weight is 349 g/mol. The molecule has 6 nitrogen and oxygen atoms in total. The quantitative estimate of drug-likeness (QED) is 0.889. The molecule has 1 atom stereocenters. The van der Waals surface area contributed by atoms with E-state index in [2.05, 4.69) is 15.6 Å². The number of carbonyl (C=O) groups is 2. The third-order valence-electron chi connectivity index (χ3n) is 4.65. The molecule has 1 aliphatic carbocycles. The van der Waals surface area contributed by atoms with E-state index in [1.165, 1.54) is 0 Å². The van der Waals surface area contributed by atoms with E-state index in [-0.39, 0.29) is 11.8 Å². The summed E-state index contributed by atoms with van der Waals surface area (Å²) in [6.07, 6.45) is 2.55. The second kappa shape index (κ2) is 6.29. The van der Waals surface area contributed by atoms with Gasteiger partial charge in [-0.1, -0.05) is 19.1 Å². The van der Waals surface area contributed by atoms with E-state index in [1.54, 1.807) is 6.20 Å². The molecule has 0 saturated heterocycles. The number of ketones is 1. The number of nitrogens with one attached hydrogen (secondary N) is 2. The van der Waals surface area contributed by atoms with Crippen molar-refractivity contribution in [3.63, 3.8) is 0 Å². The summed E-state index contributed by atoms with van der Waals surface area (Å²) in [6, 6.07) is 8.42. The zero-order valence-electron chi connectivity index (χ0n) is 14.6. The minimum absolute atomic E-state index is 0.0999. The Hall–Kier alpha value is -3.15. The summed E-state index contributed by atoms with van der Waals surface area (Å²) in [6.45, 7) is 4.47. The second-order valence-electron chi connectivity index (χ2n) is 6.25. The van der Waals surface area contributed by atoms with Crippen molar-refractivity contribution in [2.45, 2.75) is 26.3 Å². The molecule has 1 unspecified atom stereocenters. The van der Waals surface area contributed by atoms with Crippen molar-refractivity contribution in [1.82, 2.24) is 15.6 Å². The van der Waals surface area contributed by atoms with E-state index >= 15 is 0 Å². The third kappa shape index (κ3) is 2.54. The Morgan fingerprint density at radius 3 is 2.81 bits per heavy atom. The zero-order valence-corrected chi connectivity index (χ0v) is 14.6. The van der Waals surface area contributed by atoms with Crippen molar-refractivity contribution < 1.29 is 14.3 Å². The van der Waals surface area contributed by atoms with Gasteiger partial charge < -0.3 is 15.4 Å². The number of urea groups is 1. The molecule has 26 heavy (non-hydrogen) atoms. The molecule has 1 aliphatic heterocycles. The number of aryl methyl sites for hydroxylation is 1. The van der Waals surface area contributed by atoms with Crippen LogP contribution in [0.15, 0.2) is 42.1 Å². The summed E-state index contributed by atoms with van der Waals surface area (Å²) < 4.78 is 5.55. The summed E-state index contributed by atoms with van der Waals surface area (Å²) in [5.41, 5.74) is 3.91. The Morgan fingerprint density at radius 2 is 2.04 bits per heavy atom. The average Bonchev–Trinajstić information content (AvgIpc) is 2.93. The van der Waals surface area contributed by atoms with Crippen molar-refractivity contribution in [2.24, 2.45) is 0 Å². The highest BCUT2D eigenvalue weighted by Gasteiger charge is 2.40. The molecular formula is C20H19N3O3. The van der Waals surface area contributed by atoms with Crippen LogP contribution in [0.1, 0.15) is 47.1 Å². The zero-order chi connectivity index (χ0) is 18.3. The normalized spacial score (nSPS) is 18.2. The van der Waals surface area contributed by atoms with Gasteiger partial charge >= 0.3 is 6.03 Å². The van der Waals surface area contributed by atoms with Gasteiger partial charge in [0.2, 0.25) is 0 Å². The van der Waals surface area contributed by atoms with Crippen LogP contribution in [0.3, 0.4) is 0 Å². The van der Waals surface area contributed by atoms with Gasteiger partial charge in [0.25, 0.3) is 0 Å². The molecule has 0 fully saturated rings. The molecule has 0 spiro atoms. The highest BCUT2D eigenvalue weighted by molar-refractivity contribution is 6.22. The van der Waals surface area contributed by atoms with E-state index in [0.717, 1.165) is 17.5 Å². The maximum atomic E-state index is 13.1. The lowest BCUT2D eigenvalue weighted by Crippen LogP contribution is -2.43. The van der Waals surface area contributed by atoms with Crippen molar-refractivity contribution in [3.05, 3.63) is 64.5 Å². The number of Topliss-reactive ketones (excluding diaryl/α,β-unsaturated/α-hetero) is 1. The molecule has 2 aromatic rings. The smallest absolute Gasteiger partial charge is 0.320 e. The fourth-order valence-corrected chi connectivity index (χ4v) is 3.42. The van der Waals surface area contributed by atoms with E-state index in [0.29, 0.717) is 34.9 Å². The number of rotatable bonds is 4. The van der Waals surface area contributed by atoms with Crippen LogP contribution in [0, 0.1) is 0 Å². The van der Waals surface area contributed by atoms with Gasteiger partial charge in [-0.05, 0) is 42.7 Å². The number of hydrogen-bond acceptors (Lipinski definition) is 4. The van der Waals surface area contributed by atoms with Crippen LogP contribution >= 0.6 is 0 Å². The van der Waals surface area contributed by atoms with Crippen LogP contribution in [-0.4, -0.2) is 23.4 Å². The van der Waals surface area contributed by atoms with Crippen molar-refractivity contribution in [2.75, 3.05) is 6.61 Å². The lowest BCUT2D eigenvalue weighted by atomic mass is 9.94. The molecule has 0 bridgehead atoms. The SMILES string of the molecule is CCOc1cccc(C2NC(=O)NC3=C2C(=O)c2cc(CC)cnc23)c1. The monoisotopic (exact) mass is 349 g/mol. The number of benzene rings is 1. The Bertz CT molecular complexity index is 949. The van der Waals surface area contributed by atoms with Gasteiger partial charge in [0.05, 0.1) is 35.2 Å². The first-order valence-corrected chi connectivity index (χ1v) is 8.70. The number of amides is 2. The molecule has 6 heteroatoms. The highest BCUT2D eigenvalue weighted by atomic mass is 16.5. The number of fused-ring (bicyclic) bond motifs is 2. The molecule has 0 radical (unpaired) electrons. The predicted molar refractivity (Wildman–Crippen MR) is 96.9 cm³/mol. The molecule has 2 aliphatic rings. The van der Waals surface area contributed by atoms with Gasteiger partial charge in [0.15, 0.2) is 5.78 Å². The highest BCUT2D eigenvalue weighted by Crippen LogP contribution is 2.39. The predicted octanol–water partition coefficient (Wildman–Crippen LogP) is 3.00. The maximum Gasteiger partial charge on any atom is 0.320 e. The summed E-state index contributed by atoms with van der Waals surface area (Å²) in [4.78, 5) is 29.7.